The van der Waals surface area contributed by atoms with E-state index in [9.17, 15) is 0 Å². The zero-order valence-corrected chi connectivity index (χ0v) is 14.7. The van der Waals surface area contributed by atoms with Crippen LogP contribution in [0.25, 0.3) is 0 Å². The molecule has 1 aromatic rings. The van der Waals surface area contributed by atoms with Crippen molar-refractivity contribution in [1.29, 1.82) is 0 Å². The molecule has 0 amide bonds. The number of likely N-dealkylation sites (N-methyl/N-ethyl adjacent to an activating group) is 1. The quantitative estimate of drug-likeness (QED) is 0.906. The van der Waals surface area contributed by atoms with Crippen LogP contribution in [0.4, 0.5) is 0 Å². The molecule has 120 valence electrons. The molecule has 0 radical (unpaired) electrons. The third-order valence-corrected chi connectivity index (χ3v) is 4.45. The van der Waals surface area contributed by atoms with Crippen molar-refractivity contribution in [1.82, 2.24) is 19.8 Å². The Bertz CT molecular complexity index is 466. The summed E-state index contributed by atoms with van der Waals surface area (Å²) < 4.78 is 2.54. The second kappa shape index (κ2) is 6.49. The van der Waals surface area contributed by atoms with Gasteiger partial charge in [-0.3, -0.25) is 0 Å². The molecule has 0 saturated carbocycles. The molecule has 2 heterocycles. The van der Waals surface area contributed by atoms with Crippen molar-refractivity contribution >= 4 is 0 Å². The van der Waals surface area contributed by atoms with Crippen LogP contribution in [-0.2, 0) is 18.4 Å². The molecule has 1 aliphatic rings. The molecule has 2 rings (SSSR count). The maximum atomic E-state index is 4.98. The second-order valence-corrected chi connectivity index (χ2v) is 7.21. The Kier molecular flexibility index (Phi) is 5.10. The molecule has 1 N–H and O–H groups in total. The Balaban J connectivity index is 2.38. The number of hydrogen-bond acceptors (Lipinski definition) is 3. The van der Waals surface area contributed by atoms with E-state index in [1.54, 1.807) is 0 Å². The van der Waals surface area contributed by atoms with Gasteiger partial charge in [0.2, 0.25) is 0 Å². The zero-order chi connectivity index (χ0) is 15.6. The predicted molar refractivity (Wildman–Crippen MR) is 88.8 cm³/mol. The van der Waals surface area contributed by atoms with Crippen molar-refractivity contribution in [3.8, 4) is 0 Å². The average Bonchev–Trinajstić information content (AvgIpc) is 2.84. The molecule has 0 fully saturated rings. The minimum absolute atomic E-state index is 0.0921. The molecule has 1 aromatic heterocycles. The number of nitrogens with one attached hydrogen (secondary N) is 1. The lowest BCUT2D eigenvalue weighted by Crippen LogP contribution is -2.33. The number of hydrogen-bond donors (Lipinski definition) is 1. The van der Waals surface area contributed by atoms with Gasteiger partial charge >= 0.3 is 0 Å². The normalized spacial score (nSPS) is 17.1. The molecule has 0 bridgehead atoms. The van der Waals surface area contributed by atoms with Crippen molar-refractivity contribution in [2.24, 2.45) is 0 Å². The minimum Gasteiger partial charge on any atom is -0.327 e. The second-order valence-electron chi connectivity index (χ2n) is 7.21. The molecule has 0 saturated heterocycles. The van der Waals surface area contributed by atoms with Crippen LogP contribution in [0.5, 0.6) is 0 Å². The number of fused-ring (bicyclic) bond motifs is 1. The molecule has 4 nitrogen and oxygen atoms in total. The van der Waals surface area contributed by atoms with Gasteiger partial charge in [-0.25, -0.2) is 4.98 Å². The van der Waals surface area contributed by atoms with Gasteiger partial charge in [0.15, 0.2) is 0 Å². The van der Waals surface area contributed by atoms with Gasteiger partial charge in [-0.15, -0.1) is 0 Å². The van der Waals surface area contributed by atoms with Gasteiger partial charge in [-0.05, 0) is 20.0 Å². The smallest absolute Gasteiger partial charge is 0.114 e. The van der Waals surface area contributed by atoms with Gasteiger partial charge in [0.1, 0.15) is 5.82 Å². The highest BCUT2D eigenvalue weighted by Gasteiger charge is 2.29. The van der Waals surface area contributed by atoms with Crippen LogP contribution < -0.4 is 5.32 Å². The van der Waals surface area contributed by atoms with Gasteiger partial charge in [0.05, 0.1) is 5.69 Å². The van der Waals surface area contributed by atoms with Crippen molar-refractivity contribution < 1.29 is 0 Å². The highest BCUT2D eigenvalue weighted by Crippen LogP contribution is 2.29. The molecule has 4 heteroatoms. The van der Waals surface area contributed by atoms with Gasteiger partial charge in [0, 0.05) is 43.2 Å². The average molecular weight is 292 g/mol. The van der Waals surface area contributed by atoms with Crippen molar-refractivity contribution in [2.45, 2.75) is 66.0 Å². The van der Waals surface area contributed by atoms with Gasteiger partial charge in [0.25, 0.3) is 0 Å². The molecule has 1 atom stereocenters. The SMILES string of the molecule is CCN(CC)CC(C)n1c(C(C)(C)C)nc2c1CCNC2. The van der Waals surface area contributed by atoms with Crippen LogP contribution in [0.1, 0.15) is 64.8 Å². The molecule has 1 aliphatic heterocycles. The van der Waals surface area contributed by atoms with Crippen LogP contribution in [-0.4, -0.2) is 40.6 Å². The summed E-state index contributed by atoms with van der Waals surface area (Å²) in [5, 5.41) is 3.45. The largest absolute Gasteiger partial charge is 0.327 e. The summed E-state index contributed by atoms with van der Waals surface area (Å²) in [7, 11) is 0. The standard InChI is InChI=1S/C17H32N4/c1-7-20(8-2)12-13(3)21-15-9-10-18-11-14(15)19-16(21)17(4,5)6/h13,18H,7-12H2,1-6H3. The van der Waals surface area contributed by atoms with E-state index in [0.717, 1.165) is 39.1 Å². The molecule has 0 aromatic carbocycles. The Hall–Kier alpha value is -0.870. The Morgan fingerprint density at radius 2 is 1.95 bits per heavy atom. The van der Waals surface area contributed by atoms with Gasteiger partial charge < -0.3 is 14.8 Å². The van der Waals surface area contributed by atoms with Crippen LogP contribution in [0.3, 0.4) is 0 Å². The Morgan fingerprint density at radius 3 is 2.52 bits per heavy atom. The van der Waals surface area contributed by atoms with Crippen LogP contribution in [0.15, 0.2) is 0 Å². The first-order valence-electron chi connectivity index (χ1n) is 8.42. The minimum atomic E-state index is 0.0921. The third-order valence-electron chi connectivity index (χ3n) is 4.45. The lowest BCUT2D eigenvalue weighted by atomic mass is 9.95. The van der Waals surface area contributed by atoms with E-state index in [-0.39, 0.29) is 5.41 Å². The van der Waals surface area contributed by atoms with Crippen LogP contribution in [0, 0.1) is 0 Å². The Labute approximate surface area is 129 Å². The summed E-state index contributed by atoms with van der Waals surface area (Å²) in [6.45, 7) is 19.0. The number of aromatic nitrogens is 2. The fourth-order valence-electron chi connectivity index (χ4n) is 3.27. The lowest BCUT2D eigenvalue weighted by Gasteiger charge is -2.30. The van der Waals surface area contributed by atoms with E-state index < -0.39 is 0 Å². The number of rotatable bonds is 5. The van der Waals surface area contributed by atoms with Crippen LogP contribution >= 0.6 is 0 Å². The fourth-order valence-corrected chi connectivity index (χ4v) is 3.27. The van der Waals surface area contributed by atoms with E-state index in [4.69, 9.17) is 4.98 Å². The Morgan fingerprint density at radius 1 is 1.29 bits per heavy atom. The highest BCUT2D eigenvalue weighted by atomic mass is 15.2. The fraction of sp³-hybridized carbons (Fsp3) is 0.824. The highest BCUT2D eigenvalue weighted by molar-refractivity contribution is 5.24. The molecular formula is C17H32N4. The summed E-state index contributed by atoms with van der Waals surface area (Å²) in [5.41, 5.74) is 2.81. The third kappa shape index (κ3) is 3.49. The van der Waals surface area contributed by atoms with Crippen molar-refractivity contribution in [2.75, 3.05) is 26.2 Å². The summed E-state index contributed by atoms with van der Waals surface area (Å²) in [6.07, 6.45) is 1.10. The molecular weight excluding hydrogens is 260 g/mol. The maximum Gasteiger partial charge on any atom is 0.114 e. The van der Waals surface area contributed by atoms with E-state index in [1.807, 2.05) is 0 Å². The first kappa shape index (κ1) is 16.5. The molecule has 21 heavy (non-hydrogen) atoms. The van der Waals surface area contributed by atoms with Crippen LogP contribution in [0.2, 0.25) is 0 Å². The predicted octanol–water partition coefficient (Wildman–Crippen LogP) is 2.73. The molecule has 0 spiro atoms. The first-order chi connectivity index (χ1) is 9.88. The molecule has 0 aliphatic carbocycles. The van der Waals surface area contributed by atoms with E-state index >= 15 is 0 Å². The maximum absolute atomic E-state index is 4.98. The van der Waals surface area contributed by atoms with E-state index in [2.05, 4.69) is 56.3 Å². The van der Waals surface area contributed by atoms with Gasteiger partial charge in [-0.1, -0.05) is 34.6 Å². The zero-order valence-electron chi connectivity index (χ0n) is 14.7. The van der Waals surface area contributed by atoms with Crippen molar-refractivity contribution in [3.05, 3.63) is 17.2 Å². The lowest BCUT2D eigenvalue weighted by molar-refractivity contribution is 0.253. The first-order valence-corrected chi connectivity index (χ1v) is 8.42. The number of imidazole rings is 1. The summed E-state index contributed by atoms with van der Waals surface area (Å²) in [6, 6.07) is 0.480. The molecule has 1 unspecified atom stereocenters. The number of nitrogens with zero attached hydrogens (tertiary/aromatic N) is 3. The van der Waals surface area contributed by atoms with Gasteiger partial charge in [-0.2, -0.15) is 0 Å². The monoisotopic (exact) mass is 292 g/mol. The summed E-state index contributed by atoms with van der Waals surface area (Å²) in [4.78, 5) is 7.49. The van der Waals surface area contributed by atoms with E-state index in [0.29, 0.717) is 6.04 Å². The topological polar surface area (TPSA) is 33.1 Å². The van der Waals surface area contributed by atoms with Crippen molar-refractivity contribution in [3.63, 3.8) is 0 Å². The summed E-state index contributed by atoms with van der Waals surface area (Å²) in [5.74, 6) is 1.25. The van der Waals surface area contributed by atoms with E-state index in [1.165, 1.54) is 17.2 Å². The summed E-state index contributed by atoms with van der Waals surface area (Å²) >= 11 is 0.